The van der Waals surface area contributed by atoms with Gasteiger partial charge in [0.1, 0.15) is 0 Å². The number of phenols is 1. The number of rotatable bonds is 1. The molecule has 0 aliphatic carbocycles. The summed E-state index contributed by atoms with van der Waals surface area (Å²) in [5.41, 5.74) is -0.197. The van der Waals surface area contributed by atoms with Gasteiger partial charge in [-0.05, 0) is 22.0 Å². The first-order chi connectivity index (χ1) is 5.57. The molecule has 0 spiro atoms. The Hall–Kier alpha value is -0.680. The lowest BCUT2D eigenvalue weighted by molar-refractivity contribution is 0.272. The minimum Gasteiger partial charge on any atom is -0.504 e. The van der Waals surface area contributed by atoms with Gasteiger partial charge < -0.3 is 10.2 Å². The van der Waals surface area contributed by atoms with Crippen molar-refractivity contribution in [1.82, 2.24) is 0 Å². The summed E-state index contributed by atoms with van der Waals surface area (Å²) in [7, 11) is 0. The monoisotopic (exact) mass is 238 g/mol. The minimum absolute atomic E-state index is 0.0189. The van der Waals surface area contributed by atoms with Crippen molar-refractivity contribution in [2.75, 3.05) is 0 Å². The molecule has 5 heteroatoms. The maximum Gasteiger partial charge on any atom is 0.201 e. The highest BCUT2D eigenvalue weighted by molar-refractivity contribution is 9.10. The lowest BCUT2D eigenvalue weighted by Crippen LogP contribution is -1.95. The highest BCUT2D eigenvalue weighted by Gasteiger charge is 2.15. The predicted molar refractivity (Wildman–Crippen MR) is 41.6 cm³/mol. The highest BCUT2D eigenvalue weighted by atomic mass is 79.9. The first kappa shape index (κ1) is 9.41. The zero-order chi connectivity index (χ0) is 9.30. The number of aliphatic hydroxyl groups excluding tert-OH is 1. The molecule has 0 atom stereocenters. The maximum atomic E-state index is 12.7. The largest absolute Gasteiger partial charge is 0.504 e. The van der Waals surface area contributed by atoms with Gasteiger partial charge in [-0.3, -0.25) is 0 Å². The van der Waals surface area contributed by atoms with Gasteiger partial charge in [-0.2, -0.15) is 4.39 Å². The van der Waals surface area contributed by atoms with Crippen molar-refractivity contribution in [2.45, 2.75) is 6.61 Å². The van der Waals surface area contributed by atoms with Crippen molar-refractivity contribution in [1.29, 1.82) is 0 Å². The molecule has 66 valence electrons. The van der Waals surface area contributed by atoms with E-state index in [9.17, 15) is 8.78 Å². The fraction of sp³-hybridized carbons (Fsp3) is 0.143. The van der Waals surface area contributed by atoms with Crippen molar-refractivity contribution < 1.29 is 19.0 Å². The third kappa shape index (κ3) is 1.42. The minimum atomic E-state index is -1.35. The summed E-state index contributed by atoms with van der Waals surface area (Å²) in [5, 5.41) is 17.4. The Labute approximate surface area is 75.6 Å². The molecule has 1 aromatic carbocycles. The third-order valence-electron chi connectivity index (χ3n) is 1.38. The van der Waals surface area contributed by atoms with Crippen LogP contribution in [0.1, 0.15) is 5.56 Å². The quantitative estimate of drug-likeness (QED) is 0.735. The number of hydrogen-bond acceptors (Lipinski definition) is 2. The number of aromatic hydroxyl groups is 1. The molecular weight excluding hydrogens is 234 g/mol. The number of aliphatic hydroxyl groups is 1. The van der Waals surface area contributed by atoms with Crippen LogP contribution in [0.25, 0.3) is 0 Å². The fourth-order valence-electron chi connectivity index (χ4n) is 0.749. The highest BCUT2D eigenvalue weighted by Crippen LogP contribution is 2.30. The molecule has 0 fully saturated rings. The molecule has 12 heavy (non-hydrogen) atoms. The van der Waals surface area contributed by atoms with Gasteiger partial charge in [0.2, 0.25) is 5.82 Å². The van der Waals surface area contributed by atoms with E-state index < -0.39 is 24.0 Å². The number of halogens is 3. The van der Waals surface area contributed by atoms with Gasteiger partial charge in [0.15, 0.2) is 11.6 Å². The molecule has 0 radical (unpaired) electrons. The summed E-state index contributed by atoms with van der Waals surface area (Å²) in [5.74, 6) is -3.36. The lowest BCUT2D eigenvalue weighted by atomic mass is 10.2. The second kappa shape index (κ2) is 3.37. The Kier molecular flexibility index (Phi) is 2.64. The molecule has 0 aliphatic heterocycles. The van der Waals surface area contributed by atoms with Gasteiger partial charge in [-0.15, -0.1) is 0 Å². The van der Waals surface area contributed by atoms with E-state index in [0.717, 1.165) is 6.07 Å². The second-order valence-corrected chi connectivity index (χ2v) is 3.01. The molecule has 0 saturated heterocycles. The van der Waals surface area contributed by atoms with E-state index in [4.69, 9.17) is 10.2 Å². The van der Waals surface area contributed by atoms with E-state index in [0.29, 0.717) is 0 Å². The van der Waals surface area contributed by atoms with Crippen LogP contribution in [0.15, 0.2) is 10.5 Å². The zero-order valence-electron chi connectivity index (χ0n) is 5.81. The maximum absolute atomic E-state index is 12.7. The fourth-order valence-corrected chi connectivity index (χ4v) is 1.20. The van der Waals surface area contributed by atoms with Gasteiger partial charge in [0, 0.05) is 5.56 Å². The summed E-state index contributed by atoms with van der Waals surface area (Å²) in [6.45, 7) is -0.609. The first-order valence-corrected chi connectivity index (χ1v) is 3.83. The Balaban J connectivity index is 3.39. The molecule has 0 unspecified atom stereocenters. The second-order valence-electron chi connectivity index (χ2n) is 2.15. The van der Waals surface area contributed by atoms with Crippen molar-refractivity contribution >= 4 is 15.9 Å². The van der Waals surface area contributed by atoms with Crippen LogP contribution < -0.4 is 0 Å². The summed E-state index contributed by atoms with van der Waals surface area (Å²) in [6, 6.07) is 1.12. The van der Waals surface area contributed by atoms with Crippen LogP contribution in [-0.2, 0) is 6.61 Å². The molecule has 0 aromatic heterocycles. The molecule has 0 bridgehead atoms. The smallest absolute Gasteiger partial charge is 0.201 e. The summed E-state index contributed by atoms with van der Waals surface area (Å²) in [6.07, 6.45) is 0. The van der Waals surface area contributed by atoms with Gasteiger partial charge in [-0.1, -0.05) is 0 Å². The molecule has 0 aliphatic rings. The SMILES string of the molecule is OCc1cc(Br)c(O)c(F)c1F. The Morgan fingerprint density at radius 3 is 2.42 bits per heavy atom. The van der Waals surface area contributed by atoms with E-state index in [1.807, 2.05) is 0 Å². The van der Waals surface area contributed by atoms with Gasteiger partial charge in [-0.25, -0.2) is 4.39 Å². The average Bonchev–Trinajstić information content (AvgIpc) is 2.08. The summed E-state index contributed by atoms with van der Waals surface area (Å²) in [4.78, 5) is 0. The Morgan fingerprint density at radius 2 is 1.92 bits per heavy atom. The van der Waals surface area contributed by atoms with Gasteiger partial charge in [0.25, 0.3) is 0 Å². The number of phenolic OH excluding ortho intramolecular Hbond substituents is 1. The molecule has 1 rings (SSSR count). The molecule has 0 heterocycles. The van der Waals surface area contributed by atoms with Crippen molar-refractivity contribution in [3.05, 3.63) is 27.7 Å². The molecule has 0 amide bonds. The van der Waals surface area contributed by atoms with Gasteiger partial charge in [0.05, 0.1) is 11.1 Å². The molecular formula is C7H5BrF2O2. The molecule has 1 aromatic rings. The van der Waals surface area contributed by atoms with Crippen LogP contribution >= 0.6 is 15.9 Å². The van der Waals surface area contributed by atoms with E-state index in [-0.39, 0.29) is 10.0 Å². The van der Waals surface area contributed by atoms with Crippen LogP contribution in [0.3, 0.4) is 0 Å². The van der Waals surface area contributed by atoms with Gasteiger partial charge >= 0.3 is 0 Å². The third-order valence-corrected chi connectivity index (χ3v) is 1.98. The van der Waals surface area contributed by atoms with Crippen LogP contribution in [0, 0.1) is 11.6 Å². The average molecular weight is 239 g/mol. The molecule has 2 nitrogen and oxygen atoms in total. The van der Waals surface area contributed by atoms with Crippen LogP contribution in [0.4, 0.5) is 8.78 Å². The van der Waals surface area contributed by atoms with Crippen molar-refractivity contribution in [3.8, 4) is 5.75 Å². The standard InChI is InChI=1S/C7H5BrF2O2/c8-4-1-3(2-11)5(9)6(10)7(4)12/h1,11-12H,2H2. The normalized spacial score (nSPS) is 10.3. The van der Waals surface area contributed by atoms with Crippen molar-refractivity contribution in [3.63, 3.8) is 0 Å². The van der Waals surface area contributed by atoms with E-state index in [1.54, 1.807) is 0 Å². The topological polar surface area (TPSA) is 40.5 Å². The Morgan fingerprint density at radius 1 is 1.33 bits per heavy atom. The number of hydrogen-bond donors (Lipinski definition) is 2. The molecule has 2 N–H and O–H groups in total. The van der Waals surface area contributed by atoms with Crippen molar-refractivity contribution in [2.24, 2.45) is 0 Å². The van der Waals surface area contributed by atoms with Crippen LogP contribution in [0.5, 0.6) is 5.75 Å². The lowest BCUT2D eigenvalue weighted by Gasteiger charge is -2.03. The summed E-state index contributed by atoms with van der Waals surface area (Å²) >= 11 is 2.80. The predicted octanol–water partition coefficient (Wildman–Crippen LogP) is 1.93. The van der Waals surface area contributed by atoms with E-state index >= 15 is 0 Å². The van der Waals surface area contributed by atoms with E-state index in [2.05, 4.69) is 15.9 Å². The zero-order valence-corrected chi connectivity index (χ0v) is 7.40. The molecule has 0 saturated carbocycles. The number of benzene rings is 1. The Bertz CT molecular complexity index is 315. The van der Waals surface area contributed by atoms with Crippen LogP contribution in [-0.4, -0.2) is 10.2 Å². The van der Waals surface area contributed by atoms with E-state index in [1.165, 1.54) is 0 Å². The van der Waals surface area contributed by atoms with Crippen LogP contribution in [0.2, 0.25) is 0 Å². The summed E-state index contributed by atoms with van der Waals surface area (Å²) < 4.78 is 25.4. The first-order valence-electron chi connectivity index (χ1n) is 3.04.